The van der Waals surface area contributed by atoms with Crippen LogP contribution in [0.25, 0.3) is 0 Å². The van der Waals surface area contributed by atoms with Crippen LogP contribution < -0.4 is 5.32 Å². The van der Waals surface area contributed by atoms with Gasteiger partial charge in [0.15, 0.2) is 0 Å². The second-order valence-corrected chi connectivity index (χ2v) is 3.02. The van der Waals surface area contributed by atoms with E-state index in [2.05, 4.69) is 17.2 Å². The summed E-state index contributed by atoms with van der Waals surface area (Å²) >= 11 is 0. The minimum absolute atomic E-state index is 0.218. The molecular weight excluding hydrogens is 222 g/mol. The molecule has 0 aromatic heterocycles. The van der Waals surface area contributed by atoms with Gasteiger partial charge < -0.3 is 5.32 Å². The first-order valence-electron chi connectivity index (χ1n) is 4.45. The smallest absolute Gasteiger partial charge is 0.309 e. The zero-order valence-corrected chi connectivity index (χ0v) is 8.45. The Labute approximate surface area is 90.5 Å². The van der Waals surface area contributed by atoms with Gasteiger partial charge in [0, 0.05) is 5.56 Å². The van der Waals surface area contributed by atoms with E-state index in [9.17, 15) is 17.6 Å². The first-order chi connectivity index (χ1) is 7.45. The van der Waals surface area contributed by atoms with Gasteiger partial charge in [0.1, 0.15) is 5.82 Å². The third-order valence-electron chi connectivity index (χ3n) is 1.78. The van der Waals surface area contributed by atoms with Crippen molar-refractivity contribution in [1.82, 2.24) is 5.32 Å². The molecular formula is C11H9F4N. The summed E-state index contributed by atoms with van der Waals surface area (Å²) in [6.45, 7) is 0.272. The van der Waals surface area contributed by atoms with Crippen molar-refractivity contribution in [2.75, 3.05) is 13.6 Å². The summed E-state index contributed by atoms with van der Waals surface area (Å²) in [5.74, 6) is 3.92. The summed E-state index contributed by atoms with van der Waals surface area (Å²) in [6, 6.07) is 2.43. The lowest BCUT2D eigenvalue weighted by atomic mass is 10.1. The van der Waals surface area contributed by atoms with Gasteiger partial charge in [-0.3, -0.25) is 0 Å². The summed E-state index contributed by atoms with van der Waals surface area (Å²) in [5.41, 5.74) is -1.26. The molecule has 0 aliphatic heterocycles. The predicted molar refractivity (Wildman–Crippen MR) is 52.2 cm³/mol. The van der Waals surface area contributed by atoms with Gasteiger partial charge in [-0.05, 0) is 25.2 Å². The van der Waals surface area contributed by atoms with Crippen molar-refractivity contribution < 1.29 is 17.6 Å². The van der Waals surface area contributed by atoms with Crippen LogP contribution in [0.4, 0.5) is 17.6 Å². The molecule has 1 aromatic carbocycles. The Balaban J connectivity index is 3.15. The van der Waals surface area contributed by atoms with Crippen molar-refractivity contribution in [2.24, 2.45) is 0 Å². The second kappa shape index (κ2) is 4.99. The Hall–Kier alpha value is -1.54. The maximum atomic E-state index is 12.7. The van der Waals surface area contributed by atoms with Crippen molar-refractivity contribution >= 4 is 0 Å². The Morgan fingerprint density at radius 2 is 2.00 bits per heavy atom. The van der Waals surface area contributed by atoms with Crippen molar-refractivity contribution in [3.05, 3.63) is 35.1 Å². The quantitative estimate of drug-likeness (QED) is 0.578. The molecule has 0 saturated carbocycles. The van der Waals surface area contributed by atoms with E-state index in [-0.39, 0.29) is 12.1 Å². The van der Waals surface area contributed by atoms with E-state index < -0.39 is 17.6 Å². The molecule has 16 heavy (non-hydrogen) atoms. The highest BCUT2D eigenvalue weighted by Crippen LogP contribution is 2.32. The molecule has 0 unspecified atom stereocenters. The molecule has 5 heteroatoms. The van der Waals surface area contributed by atoms with Crippen LogP contribution in [-0.2, 0) is 6.18 Å². The van der Waals surface area contributed by atoms with E-state index in [1.54, 1.807) is 7.05 Å². The zero-order chi connectivity index (χ0) is 12.2. The predicted octanol–water partition coefficient (Wildman–Crippen LogP) is 2.42. The number of benzene rings is 1. The number of hydrogen-bond acceptors (Lipinski definition) is 1. The third kappa shape index (κ3) is 3.24. The number of halogens is 4. The van der Waals surface area contributed by atoms with Crippen LogP contribution in [0.3, 0.4) is 0 Å². The second-order valence-electron chi connectivity index (χ2n) is 3.02. The maximum Gasteiger partial charge on any atom is 0.417 e. The number of alkyl halides is 3. The standard InChI is InChI=1S/C11H9F4N/c1-16-6-2-3-8-4-5-9(12)7-10(8)11(13,14)15/h4-5,7,16H,6H2,1H3. The average molecular weight is 231 g/mol. The molecule has 1 aromatic rings. The van der Waals surface area contributed by atoms with Crippen LogP contribution >= 0.6 is 0 Å². The molecule has 0 bridgehead atoms. The summed E-state index contributed by atoms with van der Waals surface area (Å²) in [7, 11) is 1.63. The summed E-state index contributed by atoms with van der Waals surface area (Å²) in [4.78, 5) is 0. The molecule has 0 fully saturated rings. The van der Waals surface area contributed by atoms with E-state index in [4.69, 9.17) is 0 Å². The highest BCUT2D eigenvalue weighted by molar-refractivity contribution is 5.43. The Kier molecular flexibility index (Phi) is 3.91. The van der Waals surface area contributed by atoms with Crippen molar-refractivity contribution in [1.29, 1.82) is 0 Å². The van der Waals surface area contributed by atoms with Crippen LogP contribution in [0.5, 0.6) is 0 Å². The Morgan fingerprint density at radius 1 is 1.31 bits per heavy atom. The molecule has 1 N–H and O–H groups in total. The van der Waals surface area contributed by atoms with Crippen LogP contribution in [-0.4, -0.2) is 13.6 Å². The monoisotopic (exact) mass is 231 g/mol. The summed E-state index contributed by atoms with van der Waals surface area (Å²) in [5, 5.41) is 2.68. The molecule has 0 aliphatic rings. The van der Waals surface area contributed by atoms with E-state index in [1.807, 2.05) is 0 Å². The summed E-state index contributed by atoms with van der Waals surface area (Å²) in [6.07, 6.45) is -4.59. The van der Waals surface area contributed by atoms with Crippen molar-refractivity contribution in [2.45, 2.75) is 6.18 Å². The molecule has 1 nitrogen and oxygen atoms in total. The molecule has 0 radical (unpaired) electrons. The van der Waals surface area contributed by atoms with Crippen molar-refractivity contribution in [3.63, 3.8) is 0 Å². The van der Waals surface area contributed by atoms with Gasteiger partial charge in [0.2, 0.25) is 0 Å². The fourth-order valence-corrected chi connectivity index (χ4v) is 1.09. The molecule has 0 heterocycles. The first-order valence-corrected chi connectivity index (χ1v) is 4.45. The van der Waals surface area contributed by atoms with Gasteiger partial charge in [-0.15, -0.1) is 0 Å². The highest BCUT2D eigenvalue weighted by Gasteiger charge is 2.33. The number of nitrogens with one attached hydrogen (secondary N) is 1. The molecule has 0 saturated heterocycles. The van der Waals surface area contributed by atoms with Crippen LogP contribution in [0, 0.1) is 17.7 Å². The fraction of sp³-hybridized carbons (Fsp3) is 0.273. The third-order valence-corrected chi connectivity index (χ3v) is 1.78. The highest BCUT2D eigenvalue weighted by atomic mass is 19.4. The first kappa shape index (κ1) is 12.5. The van der Waals surface area contributed by atoms with Crippen molar-refractivity contribution in [3.8, 4) is 11.8 Å². The van der Waals surface area contributed by atoms with Gasteiger partial charge in [-0.1, -0.05) is 11.8 Å². The van der Waals surface area contributed by atoms with Crippen LogP contribution in [0.2, 0.25) is 0 Å². The van der Waals surface area contributed by atoms with Gasteiger partial charge >= 0.3 is 6.18 Å². The maximum absolute atomic E-state index is 12.7. The summed E-state index contributed by atoms with van der Waals surface area (Å²) < 4.78 is 50.2. The molecule has 0 atom stereocenters. The van der Waals surface area contributed by atoms with E-state index >= 15 is 0 Å². The van der Waals surface area contributed by atoms with Gasteiger partial charge in [0.05, 0.1) is 12.1 Å². The lowest BCUT2D eigenvalue weighted by Gasteiger charge is -2.08. The van der Waals surface area contributed by atoms with Gasteiger partial charge in [-0.2, -0.15) is 13.2 Å². The topological polar surface area (TPSA) is 12.0 Å². The SMILES string of the molecule is CNCC#Cc1ccc(F)cc1C(F)(F)F. The largest absolute Gasteiger partial charge is 0.417 e. The molecule has 86 valence electrons. The normalized spacial score (nSPS) is 10.8. The van der Waals surface area contributed by atoms with Gasteiger partial charge in [-0.25, -0.2) is 4.39 Å². The minimum atomic E-state index is -4.59. The fourth-order valence-electron chi connectivity index (χ4n) is 1.09. The lowest BCUT2D eigenvalue weighted by Crippen LogP contribution is -2.09. The van der Waals surface area contributed by atoms with E-state index in [0.717, 1.165) is 12.1 Å². The minimum Gasteiger partial charge on any atom is -0.309 e. The molecule has 0 spiro atoms. The van der Waals surface area contributed by atoms with Crippen LogP contribution in [0.1, 0.15) is 11.1 Å². The van der Waals surface area contributed by atoms with E-state index in [0.29, 0.717) is 6.07 Å². The lowest BCUT2D eigenvalue weighted by molar-refractivity contribution is -0.137. The molecule has 0 amide bonds. The average Bonchev–Trinajstić information content (AvgIpc) is 2.19. The van der Waals surface area contributed by atoms with Crippen LogP contribution in [0.15, 0.2) is 18.2 Å². The number of hydrogen-bond donors (Lipinski definition) is 1. The molecule has 0 aliphatic carbocycles. The zero-order valence-electron chi connectivity index (χ0n) is 8.45. The van der Waals surface area contributed by atoms with E-state index in [1.165, 1.54) is 0 Å². The molecule has 1 rings (SSSR count). The Morgan fingerprint density at radius 3 is 2.56 bits per heavy atom. The Bertz CT molecular complexity index is 426. The number of rotatable bonds is 1. The van der Waals surface area contributed by atoms with Gasteiger partial charge in [0.25, 0.3) is 0 Å².